The van der Waals surface area contributed by atoms with Crippen LogP contribution in [0.15, 0.2) is 29.5 Å². The fourth-order valence-corrected chi connectivity index (χ4v) is 3.15. The number of hydrogen-bond acceptors (Lipinski definition) is 4. The number of pyridine rings is 1. The minimum atomic E-state index is 0.0701. The fourth-order valence-electron chi connectivity index (χ4n) is 3.15. The van der Waals surface area contributed by atoms with Crippen LogP contribution in [0.25, 0.3) is 0 Å². The monoisotopic (exact) mass is 289 g/mol. The molecule has 5 nitrogen and oxygen atoms in total. The van der Waals surface area contributed by atoms with E-state index >= 15 is 0 Å². The lowest BCUT2D eigenvalue weighted by atomic mass is 9.99. The van der Waals surface area contributed by atoms with E-state index in [0.29, 0.717) is 5.92 Å². The first-order valence-corrected chi connectivity index (χ1v) is 7.58. The van der Waals surface area contributed by atoms with Crippen molar-refractivity contribution in [2.75, 3.05) is 19.8 Å². The summed E-state index contributed by atoms with van der Waals surface area (Å²) in [4.78, 5) is 14.2. The van der Waals surface area contributed by atoms with Gasteiger partial charge >= 0.3 is 0 Å². The topological polar surface area (TPSA) is 46.5 Å². The van der Waals surface area contributed by atoms with Gasteiger partial charge in [0, 0.05) is 56.5 Å². The summed E-state index contributed by atoms with van der Waals surface area (Å²) in [5.74, 6) is 0.680. The molecule has 1 N–H and O–H groups in total. The van der Waals surface area contributed by atoms with Crippen LogP contribution in [0.3, 0.4) is 0 Å². The van der Waals surface area contributed by atoms with E-state index < -0.39 is 0 Å². The van der Waals surface area contributed by atoms with Crippen LogP contribution in [0.2, 0.25) is 0 Å². The Hall–Kier alpha value is -1.75. The summed E-state index contributed by atoms with van der Waals surface area (Å²) >= 11 is 0. The summed E-state index contributed by atoms with van der Waals surface area (Å²) in [6.45, 7) is 4.65. The first-order chi connectivity index (χ1) is 10.1. The van der Waals surface area contributed by atoms with Gasteiger partial charge in [0.05, 0.1) is 0 Å². The molecule has 0 spiro atoms. The number of ether oxygens (including phenoxy) is 1. The molecule has 0 aliphatic carbocycles. The lowest BCUT2D eigenvalue weighted by molar-refractivity contribution is 0.0539. The molecule has 1 saturated heterocycles. The summed E-state index contributed by atoms with van der Waals surface area (Å²) in [7, 11) is 1.81. The molecule has 0 saturated carbocycles. The number of aromatic nitrogens is 1. The fraction of sp³-hybridized carbons (Fsp3) is 0.562. The first kappa shape index (κ1) is 14.2. The van der Waals surface area contributed by atoms with Crippen molar-refractivity contribution in [2.45, 2.75) is 25.9 Å². The Morgan fingerprint density at radius 1 is 1.38 bits per heavy atom. The molecule has 1 unspecified atom stereocenters. The summed E-state index contributed by atoms with van der Waals surface area (Å²) in [6, 6.07) is 1.99. The lowest BCUT2D eigenvalue weighted by Gasteiger charge is -2.31. The average Bonchev–Trinajstić information content (AvgIpc) is 2.93. The van der Waals surface area contributed by atoms with E-state index in [0.717, 1.165) is 43.7 Å². The van der Waals surface area contributed by atoms with Crippen molar-refractivity contribution in [3.8, 4) is 0 Å². The van der Waals surface area contributed by atoms with E-state index in [2.05, 4.69) is 16.4 Å². The molecule has 5 heteroatoms. The van der Waals surface area contributed by atoms with Crippen LogP contribution in [0.5, 0.6) is 0 Å². The highest BCUT2D eigenvalue weighted by atomic mass is 16.5. The smallest absolute Gasteiger partial charge is 0.253 e. The van der Waals surface area contributed by atoms with Crippen LogP contribution >= 0.6 is 0 Å². The van der Waals surface area contributed by atoms with Crippen LogP contribution in [0.4, 0.5) is 0 Å². The molecule has 3 heterocycles. The van der Waals surface area contributed by atoms with Crippen LogP contribution in [0, 0.1) is 12.8 Å². The lowest BCUT2D eigenvalue weighted by Crippen LogP contribution is -2.34. The number of rotatable bonds is 3. The quantitative estimate of drug-likeness (QED) is 0.916. The highest BCUT2D eigenvalue weighted by Crippen LogP contribution is 2.26. The van der Waals surface area contributed by atoms with Crippen LogP contribution in [0.1, 0.15) is 30.1 Å². The predicted octanol–water partition coefficient (Wildman–Crippen LogP) is 1.50. The maximum Gasteiger partial charge on any atom is 0.253 e. The van der Waals surface area contributed by atoms with Gasteiger partial charge in [-0.2, -0.15) is 0 Å². The van der Waals surface area contributed by atoms with Gasteiger partial charge in [-0.25, -0.2) is 0 Å². The van der Waals surface area contributed by atoms with Gasteiger partial charge in [-0.1, -0.05) is 0 Å². The number of nitrogens with zero attached hydrogens (tertiary/aromatic N) is 2. The zero-order chi connectivity index (χ0) is 14.8. The molecule has 3 rings (SSSR count). The molecule has 0 amide bonds. The van der Waals surface area contributed by atoms with Gasteiger partial charge in [0.2, 0.25) is 0 Å². The van der Waals surface area contributed by atoms with Gasteiger partial charge in [-0.15, -0.1) is 0 Å². The molecule has 2 aliphatic heterocycles. The Morgan fingerprint density at radius 2 is 2.14 bits per heavy atom. The largest absolute Gasteiger partial charge is 0.381 e. The third kappa shape index (κ3) is 2.97. The van der Waals surface area contributed by atoms with Crippen molar-refractivity contribution in [3.63, 3.8) is 0 Å². The molecular formula is C16H23N3O2. The van der Waals surface area contributed by atoms with Crippen molar-refractivity contribution in [3.05, 3.63) is 46.1 Å². The van der Waals surface area contributed by atoms with Gasteiger partial charge in [0.25, 0.3) is 5.56 Å². The Balaban J connectivity index is 1.76. The van der Waals surface area contributed by atoms with Gasteiger partial charge in [0.15, 0.2) is 0 Å². The van der Waals surface area contributed by atoms with Crippen molar-refractivity contribution >= 4 is 0 Å². The summed E-state index contributed by atoms with van der Waals surface area (Å²) in [6.07, 6.45) is 8.41. The molecule has 1 fully saturated rings. The van der Waals surface area contributed by atoms with Crippen molar-refractivity contribution in [1.29, 1.82) is 0 Å². The van der Waals surface area contributed by atoms with Crippen LogP contribution in [-0.4, -0.2) is 29.2 Å². The highest BCUT2D eigenvalue weighted by Gasteiger charge is 2.25. The zero-order valence-corrected chi connectivity index (χ0v) is 12.7. The molecule has 0 aromatic carbocycles. The molecule has 0 radical (unpaired) electrons. The molecule has 1 aromatic rings. The van der Waals surface area contributed by atoms with E-state index in [1.54, 1.807) is 4.57 Å². The summed E-state index contributed by atoms with van der Waals surface area (Å²) in [5, 5.41) is 3.39. The second-order valence-electron chi connectivity index (χ2n) is 6.01. The third-order valence-corrected chi connectivity index (χ3v) is 4.36. The van der Waals surface area contributed by atoms with Crippen LogP contribution < -0.4 is 10.9 Å². The van der Waals surface area contributed by atoms with Gasteiger partial charge in [-0.3, -0.25) is 4.79 Å². The molecule has 0 bridgehead atoms. The van der Waals surface area contributed by atoms with E-state index in [-0.39, 0.29) is 11.7 Å². The minimum absolute atomic E-state index is 0.0701. The van der Waals surface area contributed by atoms with Crippen molar-refractivity contribution in [2.24, 2.45) is 13.0 Å². The second-order valence-corrected chi connectivity index (χ2v) is 6.01. The predicted molar refractivity (Wildman–Crippen MR) is 81.7 cm³/mol. The molecule has 1 atom stereocenters. The molecule has 21 heavy (non-hydrogen) atoms. The molecular weight excluding hydrogens is 266 g/mol. The zero-order valence-electron chi connectivity index (χ0n) is 12.7. The normalized spacial score (nSPS) is 22.6. The maximum absolute atomic E-state index is 11.8. The number of nitrogens with one attached hydrogen (secondary N) is 1. The Labute approximate surface area is 125 Å². The molecule has 114 valence electrons. The van der Waals surface area contributed by atoms with E-state index in [1.807, 2.05) is 32.4 Å². The SMILES string of the molecule is Cc1cc(C2NC=CN2CC2CCOCC2)cn(C)c1=O. The van der Waals surface area contributed by atoms with E-state index in [9.17, 15) is 4.79 Å². The van der Waals surface area contributed by atoms with Crippen molar-refractivity contribution in [1.82, 2.24) is 14.8 Å². The van der Waals surface area contributed by atoms with Gasteiger partial charge in [0.1, 0.15) is 6.17 Å². The van der Waals surface area contributed by atoms with Gasteiger partial charge in [-0.05, 0) is 31.7 Å². The second kappa shape index (κ2) is 5.93. The van der Waals surface area contributed by atoms with E-state index in [4.69, 9.17) is 4.74 Å². The molecule has 2 aliphatic rings. The first-order valence-electron chi connectivity index (χ1n) is 7.58. The third-order valence-electron chi connectivity index (χ3n) is 4.36. The van der Waals surface area contributed by atoms with E-state index in [1.165, 1.54) is 0 Å². The molecule has 1 aromatic heterocycles. The Kier molecular flexibility index (Phi) is 4.01. The average molecular weight is 289 g/mol. The van der Waals surface area contributed by atoms with Crippen molar-refractivity contribution < 1.29 is 4.74 Å². The number of hydrogen-bond donors (Lipinski definition) is 1. The maximum atomic E-state index is 11.8. The standard InChI is InChI=1S/C16H23N3O2/c1-12-9-14(11-18(2)16(12)20)15-17-5-6-19(15)10-13-3-7-21-8-4-13/h5-6,9,11,13,15,17H,3-4,7-8,10H2,1-2H3. The number of aryl methyl sites for hydroxylation is 2. The van der Waals surface area contributed by atoms with Crippen LogP contribution in [-0.2, 0) is 11.8 Å². The minimum Gasteiger partial charge on any atom is -0.381 e. The summed E-state index contributed by atoms with van der Waals surface area (Å²) < 4.78 is 7.09. The van der Waals surface area contributed by atoms with Gasteiger partial charge < -0.3 is 19.5 Å². The summed E-state index contributed by atoms with van der Waals surface area (Å²) in [5.41, 5.74) is 1.99. The Bertz CT molecular complexity index is 561. The Morgan fingerprint density at radius 3 is 2.86 bits per heavy atom. The highest BCUT2D eigenvalue weighted by molar-refractivity contribution is 5.23.